The van der Waals surface area contributed by atoms with Gasteiger partial charge in [0.05, 0.1) is 13.2 Å². The zero-order valence-electron chi connectivity index (χ0n) is 29.0. The van der Waals surface area contributed by atoms with Gasteiger partial charge >= 0.3 is 12.2 Å². The average Bonchev–Trinajstić information content (AvgIpc) is 3.06. The number of benzene rings is 3. The largest absolute Gasteiger partial charge is 0.497 e. The van der Waals surface area contributed by atoms with Crippen molar-refractivity contribution < 1.29 is 43.3 Å². The van der Waals surface area contributed by atoms with E-state index in [1.165, 1.54) is 7.11 Å². The van der Waals surface area contributed by atoms with E-state index in [2.05, 4.69) is 21.3 Å². The molecule has 0 aromatic heterocycles. The zero-order chi connectivity index (χ0) is 37.2. The molecule has 3 aromatic rings. The Morgan fingerprint density at radius 2 is 1.39 bits per heavy atom. The summed E-state index contributed by atoms with van der Waals surface area (Å²) in [5.74, 6) is -1.73. The van der Waals surface area contributed by atoms with E-state index in [1.807, 2.05) is 20.8 Å². The topological polar surface area (TPSA) is 207 Å². The van der Waals surface area contributed by atoms with Gasteiger partial charge in [-0.15, -0.1) is 0 Å². The van der Waals surface area contributed by atoms with Crippen molar-refractivity contribution in [3.63, 3.8) is 0 Å². The van der Waals surface area contributed by atoms with Crippen LogP contribution in [0.4, 0.5) is 21.0 Å². The molecule has 0 aliphatic heterocycles. The minimum atomic E-state index is -2.33. The van der Waals surface area contributed by atoms with E-state index in [0.29, 0.717) is 22.7 Å². The quantitative estimate of drug-likeness (QED) is 0.162. The molecule has 5 atom stereocenters. The lowest BCUT2D eigenvalue weighted by molar-refractivity contribution is -0.160. The average molecular weight is 704 g/mol. The van der Waals surface area contributed by atoms with Crippen molar-refractivity contribution in [2.75, 3.05) is 17.7 Å². The molecule has 1 aliphatic rings. The van der Waals surface area contributed by atoms with Crippen molar-refractivity contribution in [2.24, 2.45) is 11.1 Å². The molecule has 0 heterocycles. The molecule has 1 saturated carbocycles. The standard InChI is InChI=1S/C37H45N5O9/c1-36(2,3)22-30(43)41-28-20-37(48,33(45)42-27(32(38)44)19-23-15-17-26(49-4)18-16-23)21-29(50-34(46)39-24-11-7-5-8-12-24)31(28)51-35(47)40-25-13-9-6-10-14-25/h5-18,27-29,31,48H,19-22H2,1-4H3,(H2,38,44)(H,39,46)(H,40,47)(H,41,43)(H,42,45). The molecule has 4 rings (SSSR count). The Morgan fingerprint density at radius 1 is 0.843 bits per heavy atom. The molecular formula is C37H45N5O9. The maximum atomic E-state index is 13.9. The van der Waals surface area contributed by atoms with Crippen LogP contribution < -0.4 is 31.7 Å². The fourth-order valence-corrected chi connectivity index (χ4v) is 5.71. The van der Waals surface area contributed by atoms with Crippen LogP contribution in [0.15, 0.2) is 84.9 Å². The highest BCUT2D eigenvalue weighted by Crippen LogP contribution is 2.34. The molecular weight excluding hydrogens is 658 g/mol. The number of carbonyl (C=O) groups is 5. The molecule has 3 aromatic carbocycles. The zero-order valence-corrected chi connectivity index (χ0v) is 29.0. The number of methoxy groups -OCH3 is 1. The molecule has 0 spiro atoms. The molecule has 14 nitrogen and oxygen atoms in total. The van der Waals surface area contributed by atoms with Gasteiger partial charge in [-0.05, 0) is 47.4 Å². The summed E-state index contributed by atoms with van der Waals surface area (Å²) in [6.45, 7) is 5.56. The predicted octanol–water partition coefficient (Wildman–Crippen LogP) is 3.89. The molecule has 1 aliphatic carbocycles. The first kappa shape index (κ1) is 38.2. The van der Waals surface area contributed by atoms with Crippen LogP contribution in [0.2, 0.25) is 0 Å². The molecule has 5 amide bonds. The number of aliphatic hydroxyl groups is 1. The summed E-state index contributed by atoms with van der Waals surface area (Å²) in [6, 6.07) is 21.1. The molecule has 5 unspecified atom stereocenters. The molecule has 272 valence electrons. The Hall–Kier alpha value is -5.63. The number of anilines is 2. The normalized spacial score (nSPS) is 20.5. The third kappa shape index (κ3) is 11.5. The Balaban J connectivity index is 1.65. The number of hydrogen-bond acceptors (Lipinski definition) is 9. The number of rotatable bonds is 12. The Labute approximate surface area is 296 Å². The minimum Gasteiger partial charge on any atom is -0.497 e. The van der Waals surface area contributed by atoms with Gasteiger partial charge < -0.3 is 35.7 Å². The molecule has 14 heteroatoms. The monoisotopic (exact) mass is 703 g/mol. The van der Waals surface area contributed by atoms with Crippen LogP contribution in [0.25, 0.3) is 0 Å². The van der Waals surface area contributed by atoms with Crippen LogP contribution in [0, 0.1) is 5.41 Å². The summed E-state index contributed by atoms with van der Waals surface area (Å²) in [5.41, 5.74) is 4.34. The molecule has 0 bridgehead atoms. The number of nitrogens with one attached hydrogen (secondary N) is 4. The van der Waals surface area contributed by atoms with Crippen LogP contribution >= 0.6 is 0 Å². The first-order valence-electron chi connectivity index (χ1n) is 16.4. The summed E-state index contributed by atoms with van der Waals surface area (Å²) >= 11 is 0. The first-order chi connectivity index (χ1) is 24.1. The number of amides is 5. The summed E-state index contributed by atoms with van der Waals surface area (Å²) in [5, 5.41) is 22.5. The molecule has 0 radical (unpaired) electrons. The van der Waals surface area contributed by atoms with Crippen LogP contribution in [0.3, 0.4) is 0 Å². The van der Waals surface area contributed by atoms with Crippen LogP contribution in [-0.4, -0.2) is 72.0 Å². The van der Waals surface area contributed by atoms with Gasteiger partial charge in [0.1, 0.15) is 23.5 Å². The minimum absolute atomic E-state index is 0.00228. The van der Waals surface area contributed by atoms with E-state index >= 15 is 0 Å². The highest BCUT2D eigenvalue weighted by atomic mass is 16.6. The van der Waals surface area contributed by atoms with Gasteiger partial charge in [-0.3, -0.25) is 25.0 Å². The van der Waals surface area contributed by atoms with Gasteiger partial charge in [0, 0.05) is 37.1 Å². The lowest BCUT2D eigenvalue weighted by Crippen LogP contribution is -2.66. The third-order valence-electron chi connectivity index (χ3n) is 8.11. The van der Waals surface area contributed by atoms with Gasteiger partial charge in [0.15, 0.2) is 6.10 Å². The highest BCUT2D eigenvalue weighted by Gasteiger charge is 2.53. The van der Waals surface area contributed by atoms with Crippen molar-refractivity contribution in [3.05, 3.63) is 90.5 Å². The van der Waals surface area contributed by atoms with Gasteiger partial charge in [-0.1, -0.05) is 69.3 Å². The SMILES string of the molecule is COc1ccc(CC(NC(=O)C2(O)CC(NC(=O)CC(C)(C)C)C(OC(=O)Nc3ccccc3)C(OC(=O)Nc3ccccc3)C2)C(N)=O)cc1. The number of hydrogen-bond donors (Lipinski definition) is 6. The highest BCUT2D eigenvalue weighted by molar-refractivity contribution is 5.92. The maximum Gasteiger partial charge on any atom is 0.412 e. The number of nitrogens with two attached hydrogens (primary N) is 1. The summed E-state index contributed by atoms with van der Waals surface area (Å²) in [4.78, 5) is 66.1. The van der Waals surface area contributed by atoms with Crippen molar-refractivity contribution in [3.8, 4) is 5.75 Å². The van der Waals surface area contributed by atoms with Crippen molar-refractivity contribution in [1.82, 2.24) is 10.6 Å². The lowest BCUT2D eigenvalue weighted by Gasteiger charge is -2.44. The lowest BCUT2D eigenvalue weighted by atomic mass is 9.77. The maximum absolute atomic E-state index is 13.9. The molecule has 0 saturated heterocycles. The Bertz CT molecular complexity index is 1670. The van der Waals surface area contributed by atoms with Crippen LogP contribution in [0.5, 0.6) is 5.75 Å². The van der Waals surface area contributed by atoms with Crippen LogP contribution in [0.1, 0.15) is 45.6 Å². The van der Waals surface area contributed by atoms with Gasteiger partial charge in [0.25, 0.3) is 5.91 Å². The number of primary amides is 1. The van der Waals surface area contributed by atoms with Gasteiger partial charge in [0.2, 0.25) is 11.8 Å². The van der Waals surface area contributed by atoms with Crippen molar-refractivity contribution in [2.45, 2.75) is 76.3 Å². The second-order valence-corrected chi connectivity index (χ2v) is 13.6. The number of ether oxygens (including phenoxy) is 3. The predicted molar refractivity (Wildman–Crippen MR) is 189 cm³/mol. The fraction of sp³-hybridized carbons (Fsp3) is 0.378. The molecule has 7 N–H and O–H groups in total. The van der Waals surface area contributed by atoms with Gasteiger partial charge in [-0.25, -0.2) is 9.59 Å². The summed E-state index contributed by atoms with van der Waals surface area (Å²) in [6.07, 6.45) is -5.72. The second kappa shape index (κ2) is 16.9. The van der Waals surface area contributed by atoms with E-state index in [4.69, 9.17) is 19.9 Å². The second-order valence-electron chi connectivity index (χ2n) is 13.6. The smallest absolute Gasteiger partial charge is 0.412 e. The van der Waals surface area contributed by atoms with Crippen molar-refractivity contribution in [1.29, 1.82) is 0 Å². The molecule has 51 heavy (non-hydrogen) atoms. The fourth-order valence-electron chi connectivity index (χ4n) is 5.71. The Kier molecular flexibility index (Phi) is 12.6. The first-order valence-corrected chi connectivity index (χ1v) is 16.4. The number of carbonyl (C=O) groups excluding carboxylic acids is 5. The Morgan fingerprint density at radius 3 is 1.90 bits per heavy atom. The van der Waals surface area contributed by atoms with E-state index in [-0.39, 0.29) is 12.8 Å². The van der Waals surface area contributed by atoms with E-state index in [1.54, 1.807) is 84.9 Å². The molecule has 1 fully saturated rings. The summed E-state index contributed by atoms with van der Waals surface area (Å²) < 4.78 is 16.7. The summed E-state index contributed by atoms with van der Waals surface area (Å²) in [7, 11) is 1.51. The van der Waals surface area contributed by atoms with E-state index in [0.717, 1.165) is 0 Å². The van der Waals surface area contributed by atoms with E-state index in [9.17, 15) is 29.1 Å². The van der Waals surface area contributed by atoms with E-state index < -0.39 is 78.1 Å². The third-order valence-corrected chi connectivity index (χ3v) is 8.11. The van der Waals surface area contributed by atoms with Gasteiger partial charge in [-0.2, -0.15) is 0 Å². The number of para-hydroxylation sites is 2. The van der Waals surface area contributed by atoms with Crippen molar-refractivity contribution >= 4 is 41.3 Å². The van der Waals surface area contributed by atoms with Crippen LogP contribution in [-0.2, 0) is 30.3 Å².